The number of benzene rings is 2. The SMILES string of the molecule is CN(Cc1ccc(Br)cc1)C(=O)c1cccc(N)c1Cl. The highest BCUT2D eigenvalue weighted by molar-refractivity contribution is 9.10. The summed E-state index contributed by atoms with van der Waals surface area (Å²) in [5.41, 5.74) is 7.60. The Bertz CT molecular complexity index is 628. The molecule has 0 heterocycles. The van der Waals surface area contributed by atoms with Gasteiger partial charge in [0.2, 0.25) is 0 Å². The molecule has 2 rings (SSSR count). The van der Waals surface area contributed by atoms with E-state index in [1.165, 1.54) is 0 Å². The number of anilines is 1. The van der Waals surface area contributed by atoms with Crippen LogP contribution in [0.1, 0.15) is 15.9 Å². The van der Waals surface area contributed by atoms with E-state index < -0.39 is 0 Å². The number of carbonyl (C=O) groups excluding carboxylic acids is 1. The van der Waals surface area contributed by atoms with Crippen molar-refractivity contribution in [3.63, 3.8) is 0 Å². The van der Waals surface area contributed by atoms with Crippen LogP contribution in [-0.4, -0.2) is 17.9 Å². The van der Waals surface area contributed by atoms with E-state index in [1.54, 1.807) is 30.1 Å². The molecule has 20 heavy (non-hydrogen) atoms. The standard InChI is InChI=1S/C15H14BrClN2O/c1-19(9-10-5-7-11(16)8-6-10)15(20)12-3-2-4-13(18)14(12)17/h2-8H,9,18H2,1H3. The van der Waals surface area contributed by atoms with Gasteiger partial charge >= 0.3 is 0 Å². The monoisotopic (exact) mass is 352 g/mol. The molecule has 0 fully saturated rings. The summed E-state index contributed by atoms with van der Waals surface area (Å²) in [6.07, 6.45) is 0. The number of rotatable bonds is 3. The molecule has 0 spiro atoms. The predicted octanol–water partition coefficient (Wildman–Crippen LogP) is 3.96. The van der Waals surface area contributed by atoms with Gasteiger partial charge in [0.1, 0.15) is 0 Å². The van der Waals surface area contributed by atoms with Crippen LogP contribution in [0, 0.1) is 0 Å². The molecule has 0 unspecified atom stereocenters. The van der Waals surface area contributed by atoms with E-state index in [2.05, 4.69) is 15.9 Å². The molecule has 0 atom stereocenters. The summed E-state index contributed by atoms with van der Waals surface area (Å²) in [5, 5.41) is 0.306. The van der Waals surface area contributed by atoms with E-state index in [4.69, 9.17) is 17.3 Å². The zero-order valence-corrected chi connectivity index (χ0v) is 13.3. The summed E-state index contributed by atoms with van der Waals surface area (Å²) in [5.74, 6) is -0.148. The van der Waals surface area contributed by atoms with Gasteiger partial charge in [-0.25, -0.2) is 0 Å². The van der Waals surface area contributed by atoms with E-state index in [9.17, 15) is 4.79 Å². The van der Waals surface area contributed by atoms with Gasteiger partial charge in [-0.3, -0.25) is 4.79 Å². The molecular weight excluding hydrogens is 340 g/mol. The number of nitrogen functional groups attached to an aromatic ring is 1. The molecule has 2 N–H and O–H groups in total. The Morgan fingerprint density at radius 3 is 2.55 bits per heavy atom. The minimum absolute atomic E-state index is 0.148. The minimum Gasteiger partial charge on any atom is -0.398 e. The summed E-state index contributed by atoms with van der Waals surface area (Å²) in [4.78, 5) is 14.0. The number of nitrogens with two attached hydrogens (primary N) is 1. The highest BCUT2D eigenvalue weighted by atomic mass is 79.9. The van der Waals surface area contributed by atoms with Crippen LogP contribution in [0.25, 0.3) is 0 Å². The maximum atomic E-state index is 12.4. The Morgan fingerprint density at radius 1 is 1.25 bits per heavy atom. The average molecular weight is 354 g/mol. The van der Waals surface area contributed by atoms with Gasteiger partial charge in [0, 0.05) is 18.1 Å². The van der Waals surface area contributed by atoms with Gasteiger partial charge in [0.25, 0.3) is 5.91 Å². The van der Waals surface area contributed by atoms with Gasteiger partial charge in [-0.1, -0.05) is 45.7 Å². The fourth-order valence-corrected chi connectivity index (χ4v) is 2.33. The van der Waals surface area contributed by atoms with Crippen LogP contribution < -0.4 is 5.73 Å². The number of carbonyl (C=O) groups is 1. The van der Waals surface area contributed by atoms with Crippen LogP contribution in [0.5, 0.6) is 0 Å². The third-order valence-corrected chi connectivity index (χ3v) is 3.89. The van der Waals surface area contributed by atoms with E-state index >= 15 is 0 Å². The molecule has 0 aliphatic rings. The Labute approximate surface area is 131 Å². The molecule has 1 amide bonds. The molecule has 0 saturated heterocycles. The van der Waals surface area contributed by atoms with Crippen LogP contribution in [0.3, 0.4) is 0 Å². The first-order valence-corrected chi connectivity index (χ1v) is 7.20. The van der Waals surface area contributed by atoms with Crippen molar-refractivity contribution in [3.8, 4) is 0 Å². The van der Waals surface area contributed by atoms with Crippen molar-refractivity contribution in [2.24, 2.45) is 0 Å². The highest BCUT2D eigenvalue weighted by Gasteiger charge is 2.16. The van der Waals surface area contributed by atoms with E-state index in [-0.39, 0.29) is 5.91 Å². The Kier molecular flexibility index (Phi) is 4.68. The lowest BCUT2D eigenvalue weighted by molar-refractivity contribution is 0.0785. The topological polar surface area (TPSA) is 46.3 Å². The first kappa shape index (κ1) is 14.9. The zero-order chi connectivity index (χ0) is 14.7. The van der Waals surface area contributed by atoms with Crippen LogP contribution >= 0.6 is 27.5 Å². The van der Waals surface area contributed by atoms with Crippen molar-refractivity contribution in [3.05, 3.63) is 63.1 Å². The zero-order valence-electron chi connectivity index (χ0n) is 10.9. The number of hydrogen-bond acceptors (Lipinski definition) is 2. The third kappa shape index (κ3) is 3.32. The Hall–Kier alpha value is -1.52. The second kappa shape index (κ2) is 6.29. The predicted molar refractivity (Wildman–Crippen MR) is 85.8 cm³/mol. The normalized spacial score (nSPS) is 10.3. The molecule has 0 aliphatic carbocycles. The molecule has 0 radical (unpaired) electrons. The van der Waals surface area contributed by atoms with Gasteiger partial charge in [-0.05, 0) is 29.8 Å². The van der Waals surface area contributed by atoms with Gasteiger partial charge in [0.15, 0.2) is 0 Å². The Morgan fingerprint density at radius 2 is 1.90 bits per heavy atom. The smallest absolute Gasteiger partial charge is 0.255 e. The summed E-state index contributed by atoms with van der Waals surface area (Å²) in [6, 6.07) is 12.9. The van der Waals surface area contributed by atoms with Crippen molar-refractivity contribution in [2.45, 2.75) is 6.54 Å². The summed E-state index contributed by atoms with van der Waals surface area (Å²) in [7, 11) is 1.74. The molecule has 104 valence electrons. The second-order valence-corrected chi connectivity index (χ2v) is 5.79. The summed E-state index contributed by atoms with van der Waals surface area (Å²) in [6.45, 7) is 0.511. The molecule has 0 aromatic heterocycles. The van der Waals surface area contributed by atoms with Crippen molar-refractivity contribution in [1.82, 2.24) is 4.90 Å². The number of halogens is 2. The lowest BCUT2D eigenvalue weighted by Crippen LogP contribution is -2.26. The summed E-state index contributed by atoms with van der Waals surface area (Å²) < 4.78 is 1.01. The maximum absolute atomic E-state index is 12.4. The fourth-order valence-electron chi connectivity index (χ4n) is 1.86. The average Bonchev–Trinajstić information content (AvgIpc) is 2.43. The maximum Gasteiger partial charge on any atom is 0.255 e. The van der Waals surface area contributed by atoms with Gasteiger partial charge < -0.3 is 10.6 Å². The molecule has 5 heteroatoms. The van der Waals surface area contributed by atoms with E-state index in [1.807, 2.05) is 24.3 Å². The molecular formula is C15H14BrClN2O. The number of hydrogen-bond donors (Lipinski definition) is 1. The lowest BCUT2D eigenvalue weighted by atomic mass is 10.1. The van der Waals surface area contributed by atoms with Gasteiger partial charge in [-0.2, -0.15) is 0 Å². The van der Waals surface area contributed by atoms with Crippen molar-refractivity contribution in [2.75, 3.05) is 12.8 Å². The quantitative estimate of drug-likeness (QED) is 0.849. The largest absolute Gasteiger partial charge is 0.398 e. The third-order valence-electron chi connectivity index (χ3n) is 2.94. The fraction of sp³-hybridized carbons (Fsp3) is 0.133. The van der Waals surface area contributed by atoms with Crippen molar-refractivity contribution >= 4 is 39.1 Å². The van der Waals surface area contributed by atoms with Crippen LogP contribution in [0.4, 0.5) is 5.69 Å². The Balaban J connectivity index is 2.16. The molecule has 2 aromatic rings. The summed E-state index contributed by atoms with van der Waals surface area (Å²) >= 11 is 9.46. The first-order chi connectivity index (χ1) is 9.49. The van der Waals surface area contributed by atoms with Crippen molar-refractivity contribution < 1.29 is 4.79 Å². The molecule has 0 saturated carbocycles. The number of amides is 1. The van der Waals surface area contributed by atoms with Crippen LogP contribution in [0.15, 0.2) is 46.9 Å². The lowest BCUT2D eigenvalue weighted by Gasteiger charge is -2.18. The van der Waals surface area contributed by atoms with E-state index in [0.29, 0.717) is 22.8 Å². The first-order valence-electron chi connectivity index (χ1n) is 6.03. The molecule has 2 aromatic carbocycles. The minimum atomic E-state index is -0.148. The molecule has 0 bridgehead atoms. The van der Waals surface area contributed by atoms with Gasteiger partial charge in [-0.15, -0.1) is 0 Å². The second-order valence-electron chi connectivity index (χ2n) is 4.50. The van der Waals surface area contributed by atoms with Crippen LogP contribution in [-0.2, 0) is 6.54 Å². The van der Waals surface area contributed by atoms with E-state index in [0.717, 1.165) is 10.0 Å². The molecule has 0 aliphatic heterocycles. The van der Waals surface area contributed by atoms with Crippen LogP contribution in [0.2, 0.25) is 5.02 Å². The van der Waals surface area contributed by atoms with Crippen molar-refractivity contribution in [1.29, 1.82) is 0 Å². The highest BCUT2D eigenvalue weighted by Crippen LogP contribution is 2.24. The number of nitrogens with zero attached hydrogens (tertiary/aromatic N) is 1. The molecule has 3 nitrogen and oxygen atoms in total. The van der Waals surface area contributed by atoms with Gasteiger partial charge in [0.05, 0.1) is 16.3 Å².